The van der Waals surface area contributed by atoms with Crippen LogP contribution in [0.2, 0.25) is 0 Å². The van der Waals surface area contributed by atoms with E-state index in [0.717, 1.165) is 6.42 Å². The van der Waals surface area contributed by atoms with Crippen LogP contribution >= 0.6 is 7.82 Å². The maximum atomic E-state index is 11.1. The Morgan fingerprint density at radius 1 is 1.50 bits per heavy atom. The molecule has 1 atom stereocenters. The van der Waals surface area contributed by atoms with E-state index < -0.39 is 13.9 Å². The molecule has 0 saturated heterocycles. The summed E-state index contributed by atoms with van der Waals surface area (Å²) in [4.78, 5) is 28.0. The second-order valence-corrected chi connectivity index (χ2v) is 4.44. The highest BCUT2D eigenvalue weighted by Gasteiger charge is 2.18. The van der Waals surface area contributed by atoms with Crippen LogP contribution in [-0.2, 0) is 18.6 Å². The monoisotopic (exact) mass is 255 g/mol. The highest BCUT2D eigenvalue weighted by Crippen LogP contribution is 2.35. The molecule has 0 aromatic rings. The van der Waals surface area contributed by atoms with E-state index in [4.69, 9.17) is 14.5 Å². The topological polar surface area (TPSA) is 105 Å². The van der Waals surface area contributed by atoms with Gasteiger partial charge in [-0.25, -0.2) is 4.57 Å². The zero-order chi connectivity index (χ0) is 12.6. The van der Waals surface area contributed by atoms with E-state index in [0.29, 0.717) is 6.42 Å². The van der Waals surface area contributed by atoms with Crippen molar-refractivity contribution < 1.29 is 28.4 Å². The number of carbonyl (C=O) groups excluding carboxylic acids is 1. The predicted octanol–water partition coefficient (Wildman–Crippen LogP) is 0.0270. The number of phosphoric ester groups is 1. The maximum absolute atomic E-state index is 11.1. The van der Waals surface area contributed by atoms with Gasteiger partial charge in [-0.3, -0.25) is 9.32 Å². The molecular formula is C8H18NO6P. The van der Waals surface area contributed by atoms with E-state index in [1.165, 1.54) is 7.11 Å². The van der Waals surface area contributed by atoms with Crippen molar-refractivity contribution in [2.45, 2.75) is 25.9 Å². The van der Waals surface area contributed by atoms with Gasteiger partial charge in [-0.2, -0.15) is 0 Å². The summed E-state index contributed by atoms with van der Waals surface area (Å²) in [6.07, 6.45) is 0.576. The van der Waals surface area contributed by atoms with Gasteiger partial charge in [0.15, 0.2) is 0 Å². The molecule has 1 amide bonds. The van der Waals surface area contributed by atoms with Gasteiger partial charge in [-0.1, -0.05) is 6.92 Å². The lowest BCUT2D eigenvalue weighted by molar-refractivity contribution is -0.121. The van der Waals surface area contributed by atoms with Crippen molar-refractivity contribution in [3.63, 3.8) is 0 Å². The summed E-state index contributed by atoms with van der Waals surface area (Å²) < 4.78 is 19.6. The number of hydrogen-bond donors (Lipinski definition) is 3. The van der Waals surface area contributed by atoms with Crippen LogP contribution in [0.25, 0.3) is 0 Å². The van der Waals surface area contributed by atoms with Crippen LogP contribution in [0.3, 0.4) is 0 Å². The number of phosphoric acid groups is 1. The van der Waals surface area contributed by atoms with Crippen LogP contribution in [0.5, 0.6) is 0 Å². The van der Waals surface area contributed by atoms with E-state index in [1.807, 2.05) is 6.92 Å². The van der Waals surface area contributed by atoms with Crippen molar-refractivity contribution in [3.05, 3.63) is 0 Å². The van der Waals surface area contributed by atoms with Crippen molar-refractivity contribution in [2.75, 3.05) is 20.3 Å². The van der Waals surface area contributed by atoms with Crippen molar-refractivity contribution in [3.8, 4) is 0 Å². The third-order valence-electron chi connectivity index (χ3n) is 1.77. The fourth-order valence-corrected chi connectivity index (χ4v) is 1.29. The van der Waals surface area contributed by atoms with Crippen LogP contribution in [0.1, 0.15) is 19.8 Å². The lowest BCUT2D eigenvalue weighted by atomic mass is 10.3. The zero-order valence-electron chi connectivity index (χ0n) is 9.38. The van der Waals surface area contributed by atoms with Crippen LogP contribution in [0.4, 0.5) is 0 Å². The summed E-state index contributed by atoms with van der Waals surface area (Å²) in [5.74, 6) is -0.124. The minimum atomic E-state index is -4.49. The van der Waals surface area contributed by atoms with Gasteiger partial charge in [-0.15, -0.1) is 0 Å². The van der Waals surface area contributed by atoms with Gasteiger partial charge in [0, 0.05) is 20.1 Å². The highest BCUT2D eigenvalue weighted by atomic mass is 31.2. The molecule has 7 nitrogen and oxygen atoms in total. The molecule has 3 N–H and O–H groups in total. The van der Waals surface area contributed by atoms with Crippen molar-refractivity contribution >= 4 is 13.7 Å². The van der Waals surface area contributed by atoms with Gasteiger partial charge in [-0.05, 0) is 6.42 Å². The molecule has 16 heavy (non-hydrogen) atoms. The Bertz CT molecular complexity index is 253. The van der Waals surface area contributed by atoms with Gasteiger partial charge in [0.1, 0.15) is 0 Å². The molecule has 96 valence electrons. The van der Waals surface area contributed by atoms with Crippen molar-refractivity contribution in [1.29, 1.82) is 0 Å². The number of nitrogens with one attached hydrogen (secondary N) is 1. The Kier molecular flexibility index (Phi) is 7.53. The maximum Gasteiger partial charge on any atom is 0.469 e. The average Bonchev–Trinajstić information content (AvgIpc) is 2.17. The van der Waals surface area contributed by atoms with Crippen LogP contribution in [0, 0.1) is 0 Å². The third kappa shape index (κ3) is 8.82. The molecule has 8 heteroatoms. The van der Waals surface area contributed by atoms with Gasteiger partial charge in [0.2, 0.25) is 5.91 Å². The number of methoxy groups -OCH3 is 1. The van der Waals surface area contributed by atoms with Crippen LogP contribution in [-0.4, -0.2) is 42.1 Å². The minimum Gasteiger partial charge on any atom is -0.377 e. The Morgan fingerprint density at radius 3 is 2.56 bits per heavy atom. The van der Waals surface area contributed by atoms with E-state index in [-0.39, 0.29) is 19.1 Å². The Balaban J connectivity index is 3.83. The normalized spacial score (nSPS) is 13.5. The largest absolute Gasteiger partial charge is 0.469 e. The van der Waals surface area contributed by atoms with Gasteiger partial charge >= 0.3 is 7.82 Å². The summed E-state index contributed by atoms with van der Waals surface area (Å²) in [5.41, 5.74) is 0. The van der Waals surface area contributed by atoms with E-state index in [2.05, 4.69) is 9.84 Å². The average molecular weight is 255 g/mol. The molecule has 0 heterocycles. The van der Waals surface area contributed by atoms with Crippen LogP contribution in [0.15, 0.2) is 0 Å². The van der Waals surface area contributed by atoms with Gasteiger partial charge in [0.25, 0.3) is 0 Å². The fourth-order valence-electron chi connectivity index (χ4n) is 0.934. The SMILES string of the molecule is CCCC(=O)NCC(COP(=O)(O)O)OC. The quantitative estimate of drug-likeness (QED) is 0.528. The second kappa shape index (κ2) is 7.76. The smallest absolute Gasteiger partial charge is 0.377 e. The van der Waals surface area contributed by atoms with E-state index >= 15 is 0 Å². The Morgan fingerprint density at radius 2 is 2.12 bits per heavy atom. The lowest BCUT2D eigenvalue weighted by Crippen LogP contribution is -2.35. The number of amides is 1. The highest BCUT2D eigenvalue weighted by molar-refractivity contribution is 7.46. The molecule has 0 aliphatic rings. The van der Waals surface area contributed by atoms with Gasteiger partial charge < -0.3 is 19.8 Å². The molecule has 1 unspecified atom stereocenters. The summed E-state index contributed by atoms with van der Waals surface area (Å²) >= 11 is 0. The summed E-state index contributed by atoms with van der Waals surface area (Å²) in [5, 5.41) is 2.57. The Hall–Kier alpha value is -0.460. The van der Waals surface area contributed by atoms with Gasteiger partial charge in [0.05, 0.1) is 12.7 Å². The first-order chi connectivity index (χ1) is 7.39. The summed E-state index contributed by atoms with van der Waals surface area (Å²) in [6, 6.07) is 0. The molecule has 0 bridgehead atoms. The molecule has 0 fully saturated rings. The first kappa shape index (κ1) is 15.5. The van der Waals surface area contributed by atoms with E-state index in [9.17, 15) is 9.36 Å². The molecular weight excluding hydrogens is 237 g/mol. The molecule has 0 radical (unpaired) electrons. The fraction of sp³-hybridized carbons (Fsp3) is 0.875. The Labute approximate surface area is 94.4 Å². The summed E-state index contributed by atoms with van der Waals surface area (Å²) in [6.45, 7) is 1.77. The first-order valence-corrected chi connectivity index (χ1v) is 6.41. The summed E-state index contributed by atoms with van der Waals surface area (Å²) in [7, 11) is -3.11. The zero-order valence-corrected chi connectivity index (χ0v) is 10.3. The third-order valence-corrected chi connectivity index (χ3v) is 2.25. The molecule has 0 aromatic heterocycles. The number of hydrogen-bond acceptors (Lipinski definition) is 4. The van der Waals surface area contributed by atoms with E-state index in [1.54, 1.807) is 0 Å². The molecule has 0 aromatic carbocycles. The molecule has 0 rings (SSSR count). The minimum absolute atomic E-state index is 0.124. The molecule has 0 aliphatic carbocycles. The number of carbonyl (C=O) groups is 1. The number of ether oxygens (including phenoxy) is 1. The van der Waals surface area contributed by atoms with Crippen molar-refractivity contribution in [1.82, 2.24) is 5.32 Å². The van der Waals surface area contributed by atoms with Crippen LogP contribution < -0.4 is 5.32 Å². The first-order valence-electron chi connectivity index (χ1n) is 4.88. The number of rotatable bonds is 8. The molecule has 0 saturated carbocycles. The predicted molar refractivity (Wildman–Crippen MR) is 56.7 cm³/mol. The lowest BCUT2D eigenvalue weighted by Gasteiger charge is -2.16. The molecule has 0 spiro atoms. The second-order valence-electron chi connectivity index (χ2n) is 3.20. The molecule has 0 aliphatic heterocycles. The van der Waals surface area contributed by atoms with Crippen molar-refractivity contribution in [2.24, 2.45) is 0 Å². The standard InChI is InChI=1S/C8H18NO6P/c1-3-4-8(10)9-5-7(14-2)6-15-16(11,12)13/h7H,3-6H2,1-2H3,(H,9,10)(H2,11,12,13).